The van der Waals surface area contributed by atoms with Gasteiger partial charge in [0.15, 0.2) is 0 Å². The van der Waals surface area contributed by atoms with Crippen molar-refractivity contribution in [1.29, 1.82) is 0 Å². The van der Waals surface area contributed by atoms with E-state index in [9.17, 15) is 0 Å². The minimum atomic E-state index is 0.591. The number of hydrogen-bond donors (Lipinski definition) is 1. The van der Waals surface area contributed by atoms with Gasteiger partial charge in [0.05, 0.1) is 0 Å². The lowest BCUT2D eigenvalue weighted by Crippen LogP contribution is -2.19. The molecule has 0 saturated heterocycles. The molecule has 1 N–H and O–H groups in total. The minimum Gasteiger partial charge on any atom is -0.537 e. The van der Waals surface area contributed by atoms with Crippen LogP contribution in [0, 0.1) is 0 Å². The molecule has 0 atom stereocenters. The molecule has 0 aromatic heterocycles. The van der Waals surface area contributed by atoms with Crippen LogP contribution < -0.4 is 9.39 Å². The summed E-state index contributed by atoms with van der Waals surface area (Å²) in [6.07, 6.45) is 0.892. The van der Waals surface area contributed by atoms with Gasteiger partial charge in [-0.25, -0.2) is 0 Å². The van der Waals surface area contributed by atoms with Gasteiger partial charge in [-0.05, 0) is 72.6 Å². The molecule has 3 rings (SSSR count). The second kappa shape index (κ2) is 11.4. The van der Waals surface area contributed by atoms with E-state index in [-0.39, 0.29) is 0 Å². The van der Waals surface area contributed by atoms with E-state index >= 15 is 0 Å². The molecule has 4 nitrogen and oxygen atoms in total. The van der Waals surface area contributed by atoms with Crippen LogP contribution in [0.25, 0.3) is 11.1 Å². The maximum Gasteiger partial charge on any atom is 0.569 e. The van der Waals surface area contributed by atoms with Gasteiger partial charge < -0.3 is 19.3 Å². The lowest BCUT2D eigenvalue weighted by molar-refractivity contribution is 0.261. The number of likely N-dealkylation sites (N-methyl/N-ethyl adjacent to an activating group) is 1. The molecule has 5 heteroatoms. The van der Waals surface area contributed by atoms with Crippen LogP contribution in [0.5, 0.6) is 11.5 Å². The second-order valence-electron chi connectivity index (χ2n) is 7.50. The molecule has 31 heavy (non-hydrogen) atoms. The normalized spacial score (nSPS) is 11.8. The number of hydrogen-bond acceptors (Lipinski definition) is 4. The van der Waals surface area contributed by atoms with Crippen molar-refractivity contribution in [2.75, 3.05) is 27.2 Å². The molecule has 3 aromatic rings. The summed E-state index contributed by atoms with van der Waals surface area (Å²) in [7, 11) is 4.77. The van der Waals surface area contributed by atoms with E-state index in [1.54, 1.807) is 0 Å². The predicted octanol–water partition coefficient (Wildman–Crippen LogP) is 4.90. The molecule has 0 amide bonds. The van der Waals surface area contributed by atoms with Crippen molar-refractivity contribution < 1.29 is 14.4 Å². The molecular formula is C26H29BNO3. The van der Waals surface area contributed by atoms with Crippen molar-refractivity contribution in [3.8, 4) is 11.5 Å². The summed E-state index contributed by atoms with van der Waals surface area (Å²) in [5.74, 6) is 1.46. The molecular weight excluding hydrogens is 385 g/mol. The molecule has 1 radical (unpaired) electrons. The van der Waals surface area contributed by atoms with Crippen molar-refractivity contribution >= 4 is 18.8 Å². The fraction of sp³-hybridized carbons (Fsp3) is 0.231. The SMILES string of the molecule is CC/C(=C(/c1ccc(O[B]O)cc1)c1ccc(OCCN(C)C)cc1)c1ccccc1. The standard InChI is InChI=1S/C26H29BNO3/c1-4-25(20-8-6-5-7-9-20)26(22-12-16-24(17-13-22)31-27-29)21-10-14-23(15-11-21)30-19-18-28(2)3/h5-17,29H,4,18-19H2,1-3H3/b26-25-. The average Bonchev–Trinajstić information content (AvgIpc) is 2.79. The smallest absolute Gasteiger partial charge is 0.537 e. The molecule has 0 saturated carbocycles. The number of ether oxygens (including phenoxy) is 1. The highest BCUT2D eigenvalue weighted by Gasteiger charge is 2.13. The Labute approximate surface area is 186 Å². The highest BCUT2D eigenvalue weighted by atomic mass is 16.5. The van der Waals surface area contributed by atoms with Gasteiger partial charge in [-0.2, -0.15) is 0 Å². The number of rotatable bonds is 10. The number of benzene rings is 3. The Bertz CT molecular complexity index is 968. The fourth-order valence-electron chi connectivity index (χ4n) is 3.50. The van der Waals surface area contributed by atoms with Gasteiger partial charge in [0, 0.05) is 6.54 Å². The first kappa shape index (κ1) is 22.7. The minimum absolute atomic E-state index is 0.591. The lowest BCUT2D eigenvalue weighted by Gasteiger charge is -2.17. The first-order valence-electron chi connectivity index (χ1n) is 10.5. The summed E-state index contributed by atoms with van der Waals surface area (Å²) in [5.41, 5.74) is 5.86. The van der Waals surface area contributed by atoms with Gasteiger partial charge >= 0.3 is 7.69 Å². The summed E-state index contributed by atoms with van der Waals surface area (Å²) in [4.78, 5) is 2.10. The first-order valence-corrected chi connectivity index (χ1v) is 10.5. The third-order valence-corrected chi connectivity index (χ3v) is 5.06. The second-order valence-corrected chi connectivity index (χ2v) is 7.50. The monoisotopic (exact) mass is 414 g/mol. The third-order valence-electron chi connectivity index (χ3n) is 5.06. The molecule has 0 heterocycles. The largest absolute Gasteiger partial charge is 0.569 e. The van der Waals surface area contributed by atoms with Crippen LogP contribution in [0.3, 0.4) is 0 Å². The Morgan fingerprint density at radius 2 is 1.39 bits per heavy atom. The molecule has 159 valence electrons. The summed E-state index contributed by atoms with van der Waals surface area (Å²) in [6, 6.07) is 26.5. The van der Waals surface area contributed by atoms with Gasteiger partial charge in [0.25, 0.3) is 0 Å². The van der Waals surface area contributed by atoms with Crippen LogP contribution in [0.1, 0.15) is 30.0 Å². The van der Waals surface area contributed by atoms with Crippen LogP contribution >= 0.6 is 0 Å². The third kappa shape index (κ3) is 6.23. The van der Waals surface area contributed by atoms with Gasteiger partial charge in [0.1, 0.15) is 18.1 Å². The highest BCUT2D eigenvalue weighted by molar-refractivity contribution is 6.17. The molecule has 3 aromatic carbocycles. The van der Waals surface area contributed by atoms with Crippen molar-refractivity contribution in [2.24, 2.45) is 0 Å². The summed E-state index contributed by atoms with van der Waals surface area (Å²) in [6.45, 7) is 3.71. The summed E-state index contributed by atoms with van der Waals surface area (Å²) >= 11 is 0. The van der Waals surface area contributed by atoms with Crippen molar-refractivity contribution in [3.63, 3.8) is 0 Å². The zero-order valence-corrected chi connectivity index (χ0v) is 18.4. The Morgan fingerprint density at radius 3 is 1.90 bits per heavy atom. The quantitative estimate of drug-likeness (QED) is 0.379. The first-order chi connectivity index (χ1) is 15.1. The van der Waals surface area contributed by atoms with E-state index in [2.05, 4.69) is 48.2 Å². The van der Waals surface area contributed by atoms with Crippen LogP contribution in [0.2, 0.25) is 0 Å². The Balaban J connectivity index is 2.01. The van der Waals surface area contributed by atoms with Crippen LogP contribution in [0.15, 0.2) is 78.9 Å². The van der Waals surface area contributed by atoms with Gasteiger partial charge in [-0.15, -0.1) is 0 Å². The van der Waals surface area contributed by atoms with Crippen LogP contribution in [-0.2, 0) is 0 Å². The van der Waals surface area contributed by atoms with Gasteiger partial charge in [-0.1, -0.05) is 61.5 Å². The fourth-order valence-corrected chi connectivity index (χ4v) is 3.50. The molecule has 0 aliphatic heterocycles. The lowest BCUT2D eigenvalue weighted by atomic mass is 9.88. The Kier molecular flexibility index (Phi) is 8.33. The molecule has 0 aliphatic carbocycles. The van der Waals surface area contributed by atoms with E-state index in [1.165, 1.54) is 16.7 Å². The van der Waals surface area contributed by atoms with E-state index < -0.39 is 0 Å². The highest BCUT2D eigenvalue weighted by Crippen LogP contribution is 2.35. The number of nitrogens with zero attached hydrogens (tertiary/aromatic N) is 1. The zero-order chi connectivity index (χ0) is 22.1. The molecule has 0 unspecified atom stereocenters. The maximum atomic E-state index is 8.90. The summed E-state index contributed by atoms with van der Waals surface area (Å²) in [5, 5.41) is 8.90. The van der Waals surface area contributed by atoms with E-state index in [1.807, 2.05) is 56.6 Å². The average molecular weight is 414 g/mol. The molecule has 0 fully saturated rings. The molecule has 0 bridgehead atoms. The Hall–Kier alpha value is -3.02. The zero-order valence-electron chi connectivity index (χ0n) is 18.4. The van der Waals surface area contributed by atoms with E-state index in [4.69, 9.17) is 14.4 Å². The van der Waals surface area contributed by atoms with Crippen molar-refractivity contribution in [3.05, 3.63) is 95.6 Å². The maximum absolute atomic E-state index is 8.90. The van der Waals surface area contributed by atoms with Gasteiger partial charge in [-0.3, -0.25) is 0 Å². The van der Waals surface area contributed by atoms with Crippen LogP contribution in [0.4, 0.5) is 0 Å². The topological polar surface area (TPSA) is 41.9 Å². The van der Waals surface area contributed by atoms with Gasteiger partial charge in [0.2, 0.25) is 0 Å². The van der Waals surface area contributed by atoms with Crippen molar-refractivity contribution in [2.45, 2.75) is 13.3 Å². The molecule has 0 aliphatic rings. The summed E-state index contributed by atoms with van der Waals surface area (Å²) < 4.78 is 11.0. The Morgan fingerprint density at radius 1 is 0.806 bits per heavy atom. The number of allylic oxidation sites excluding steroid dienone is 1. The molecule has 0 spiro atoms. The van der Waals surface area contributed by atoms with Crippen LogP contribution in [-0.4, -0.2) is 44.9 Å². The predicted molar refractivity (Wildman–Crippen MR) is 128 cm³/mol. The van der Waals surface area contributed by atoms with Crippen molar-refractivity contribution in [1.82, 2.24) is 4.90 Å². The van der Waals surface area contributed by atoms with E-state index in [0.29, 0.717) is 20.0 Å². The van der Waals surface area contributed by atoms with E-state index in [0.717, 1.165) is 29.8 Å².